The van der Waals surface area contributed by atoms with Gasteiger partial charge < -0.3 is 4.42 Å². The zero-order valence-corrected chi connectivity index (χ0v) is 23.2. The first-order valence-corrected chi connectivity index (χ1v) is 14.5. The van der Waals surface area contributed by atoms with Crippen molar-refractivity contribution in [1.29, 1.82) is 0 Å². The van der Waals surface area contributed by atoms with Crippen LogP contribution in [0.5, 0.6) is 0 Å². The monoisotopic (exact) mass is 548 g/mol. The van der Waals surface area contributed by atoms with Gasteiger partial charge in [-0.2, -0.15) is 0 Å². The van der Waals surface area contributed by atoms with E-state index in [1.54, 1.807) is 0 Å². The van der Waals surface area contributed by atoms with Gasteiger partial charge in [0.25, 0.3) is 0 Å². The summed E-state index contributed by atoms with van der Waals surface area (Å²) >= 11 is 0. The third-order valence-corrected chi connectivity index (χ3v) is 8.47. The van der Waals surface area contributed by atoms with Crippen LogP contribution in [0.2, 0.25) is 0 Å². The van der Waals surface area contributed by atoms with E-state index in [1.807, 2.05) is 48.5 Å². The first-order valence-electron chi connectivity index (χ1n) is 14.5. The molecule has 0 radical (unpaired) electrons. The summed E-state index contributed by atoms with van der Waals surface area (Å²) in [5.41, 5.74) is 7.37. The van der Waals surface area contributed by atoms with Crippen LogP contribution < -0.4 is 0 Å². The molecule has 200 valence electrons. The maximum absolute atomic E-state index is 6.47. The van der Waals surface area contributed by atoms with Crippen molar-refractivity contribution in [3.05, 3.63) is 146 Å². The quantitative estimate of drug-likeness (QED) is 0.206. The van der Waals surface area contributed by atoms with Crippen LogP contribution in [0, 0.1) is 0 Å². The Kier molecular flexibility index (Phi) is 5.20. The van der Waals surface area contributed by atoms with Crippen molar-refractivity contribution in [3.8, 4) is 33.8 Å². The van der Waals surface area contributed by atoms with Crippen molar-refractivity contribution in [2.45, 2.75) is 0 Å². The SMILES string of the molecule is c1ccc(-c2nc(-c3ccccc3)c3oc4ccc(-c5ccc6c7ccccc7c7ccccc7c6c5)cc4c3n2)cc1. The molecule has 0 saturated carbocycles. The largest absolute Gasteiger partial charge is 0.452 e. The minimum Gasteiger partial charge on any atom is -0.452 e. The van der Waals surface area contributed by atoms with Crippen LogP contribution in [0.25, 0.3) is 88.2 Å². The lowest BCUT2D eigenvalue weighted by molar-refractivity contribution is 0.667. The van der Waals surface area contributed by atoms with Gasteiger partial charge in [0, 0.05) is 16.5 Å². The maximum Gasteiger partial charge on any atom is 0.180 e. The molecule has 0 unspecified atom stereocenters. The highest BCUT2D eigenvalue weighted by Crippen LogP contribution is 2.40. The molecule has 7 aromatic carbocycles. The van der Waals surface area contributed by atoms with E-state index in [0.29, 0.717) is 11.4 Å². The molecule has 2 heterocycles. The van der Waals surface area contributed by atoms with Gasteiger partial charge >= 0.3 is 0 Å². The summed E-state index contributed by atoms with van der Waals surface area (Å²) in [6.07, 6.45) is 0. The topological polar surface area (TPSA) is 38.9 Å². The minimum absolute atomic E-state index is 0.684. The fourth-order valence-electron chi connectivity index (χ4n) is 6.42. The molecule has 2 aromatic heterocycles. The molecule has 3 heteroatoms. The Hall–Kier alpha value is -5.80. The number of aromatic nitrogens is 2. The van der Waals surface area contributed by atoms with Crippen LogP contribution in [0.3, 0.4) is 0 Å². The minimum atomic E-state index is 0.684. The molecular weight excluding hydrogens is 524 g/mol. The average molecular weight is 549 g/mol. The Morgan fingerprint density at radius 3 is 1.53 bits per heavy atom. The molecule has 0 atom stereocenters. The van der Waals surface area contributed by atoms with Crippen molar-refractivity contribution in [2.75, 3.05) is 0 Å². The summed E-state index contributed by atoms with van der Waals surface area (Å²) < 4.78 is 6.47. The van der Waals surface area contributed by atoms with Gasteiger partial charge in [-0.05, 0) is 61.6 Å². The van der Waals surface area contributed by atoms with E-state index >= 15 is 0 Å². The van der Waals surface area contributed by atoms with Crippen molar-refractivity contribution in [3.63, 3.8) is 0 Å². The number of furan rings is 1. The second-order valence-corrected chi connectivity index (χ2v) is 11.0. The van der Waals surface area contributed by atoms with E-state index in [1.165, 1.54) is 32.3 Å². The fourth-order valence-corrected chi connectivity index (χ4v) is 6.42. The van der Waals surface area contributed by atoms with Gasteiger partial charge in [-0.1, -0.05) is 127 Å². The molecule has 0 aliphatic carbocycles. The third-order valence-electron chi connectivity index (χ3n) is 8.47. The number of rotatable bonds is 3. The molecule has 0 fully saturated rings. The van der Waals surface area contributed by atoms with Crippen molar-refractivity contribution >= 4 is 54.4 Å². The lowest BCUT2D eigenvalue weighted by Crippen LogP contribution is -1.93. The molecule has 3 nitrogen and oxygen atoms in total. The van der Waals surface area contributed by atoms with Crippen LogP contribution in [0.15, 0.2) is 150 Å². The van der Waals surface area contributed by atoms with Gasteiger partial charge in [-0.15, -0.1) is 0 Å². The summed E-state index contributed by atoms with van der Waals surface area (Å²) in [4.78, 5) is 10.1. The molecule has 9 rings (SSSR count). The predicted molar refractivity (Wildman–Crippen MR) is 178 cm³/mol. The highest BCUT2D eigenvalue weighted by molar-refractivity contribution is 6.25. The summed E-state index contributed by atoms with van der Waals surface area (Å²) in [6.45, 7) is 0. The fraction of sp³-hybridized carbons (Fsp3) is 0. The van der Waals surface area contributed by atoms with Crippen LogP contribution in [0.4, 0.5) is 0 Å². The highest BCUT2D eigenvalue weighted by Gasteiger charge is 2.19. The Morgan fingerprint density at radius 1 is 0.372 bits per heavy atom. The molecule has 0 bridgehead atoms. The number of fused-ring (bicyclic) bond motifs is 9. The lowest BCUT2D eigenvalue weighted by atomic mass is 9.92. The Bertz CT molecular complexity index is 2460. The standard InChI is InChI=1S/C40H24N2O/c1-3-11-25(12-4-1)37-39-38(42-40(41-37)26-13-5-2-6-14-26)35-24-28(20-22-36(35)43-39)27-19-21-33-31-17-8-7-15-29(31)30-16-9-10-18-32(30)34(33)23-27/h1-24H. The van der Waals surface area contributed by atoms with Crippen LogP contribution in [-0.2, 0) is 0 Å². The van der Waals surface area contributed by atoms with Crippen LogP contribution in [0.1, 0.15) is 0 Å². The summed E-state index contributed by atoms with van der Waals surface area (Å²) in [5.74, 6) is 0.684. The molecule has 0 amide bonds. The summed E-state index contributed by atoms with van der Waals surface area (Å²) in [5, 5.41) is 8.60. The second kappa shape index (κ2) is 9.37. The van der Waals surface area contributed by atoms with Gasteiger partial charge in [-0.25, -0.2) is 9.97 Å². The molecule has 0 aliphatic rings. The predicted octanol–water partition coefficient (Wildman–Crippen LogP) is 10.8. The molecule has 9 aromatic rings. The summed E-state index contributed by atoms with van der Waals surface area (Å²) in [7, 11) is 0. The molecule has 43 heavy (non-hydrogen) atoms. The zero-order chi connectivity index (χ0) is 28.3. The average Bonchev–Trinajstić information content (AvgIpc) is 3.46. The summed E-state index contributed by atoms with van der Waals surface area (Å²) in [6, 6.07) is 51.0. The molecular formula is C40H24N2O. The molecule has 0 saturated heterocycles. The zero-order valence-electron chi connectivity index (χ0n) is 23.2. The van der Waals surface area contributed by atoms with E-state index in [9.17, 15) is 0 Å². The van der Waals surface area contributed by atoms with Gasteiger partial charge in [0.2, 0.25) is 0 Å². The third kappa shape index (κ3) is 3.75. The number of hydrogen-bond acceptors (Lipinski definition) is 3. The van der Waals surface area contributed by atoms with E-state index < -0.39 is 0 Å². The van der Waals surface area contributed by atoms with Gasteiger partial charge in [0.15, 0.2) is 11.4 Å². The van der Waals surface area contributed by atoms with Gasteiger partial charge in [-0.3, -0.25) is 0 Å². The molecule has 0 spiro atoms. The van der Waals surface area contributed by atoms with Crippen LogP contribution in [-0.4, -0.2) is 9.97 Å². The van der Waals surface area contributed by atoms with Gasteiger partial charge in [0.1, 0.15) is 16.8 Å². The Morgan fingerprint density at radius 2 is 0.884 bits per heavy atom. The van der Waals surface area contributed by atoms with Gasteiger partial charge in [0.05, 0.1) is 0 Å². The van der Waals surface area contributed by atoms with Crippen molar-refractivity contribution < 1.29 is 4.42 Å². The van der Waals surface area contributed by atoms with E-state index in [0.717, 1.165) is 44.4 Å². The normalized spacial score (nSPS) is 11.7. The number of hydrogen-bond donors (Lipinski definition) is 0. The second-order valence-electron chi connectivity index (χ2n) is 11.0. The number of nitrogens with zero attached hydrogens (tertiary/aromatic N) is 2. The van der Waals surface area contributed by atoms with Crippen molar-refractivity contribution in [1.82, 2.24) is 9.97 Å². The van der Waals surface area contributed by atoms with E-state index in [4.69, 9.17) is 14.4 Å². The lowest BCUT2D eigenvalue weighted by Gasteiger charge is -2.12. The smallest absolute Gasteiger partial charge is 0.180 e. The molecule has 0 aliphatic heterocycles. The van der Waals surface area contributed by atoms with Crippen molar-refractivity contribution in [2.24, 2.45) is 0 Å². The Balaban J connectivity index is 1.29. The number of benzene rings is 7. The first kappa shape index (κ1) is 23.9. The molecule has 0 N–H and O–H groups in total. The highest BCUT2D eigenvalue weighted by atomic mass is 16.3. The van der Waals surface area contributed by atoms with E-state index in [2.05, 4.69) is 97.1 Å². The van der Waals surface area contributed by atoms with E-state index in [-0.39, 0.29) is 0 Å². The first-order chi connectivity index (χ1) is 21.3. The maximum atomic E-state index is 6.47. The Labute approximate surface area is 247 Å². The van der Waals surface area contributed by atoms with Crippen LogP contribution >= 0.6 is 0 Å².